The molecule has 0 unspecified atom stereocenters. The molecule has 2 heterocycles. The van der Waals surface area contributed by atoms with E-state index in [4.69, 9.17) is 4.74 Å². The Morgan fingerprint density at radius 2 is 1.55 bits per heavy atom. The number of carbonyl (C=O) groups is 1. The molecule has 0 bridgehead atoms. The zero-order chi connectivity index (χ0) is 21.9. The second-order valence-corrected chi connectivity index (χ2v) is 10.1. The van der Waals surface area contributed by atoms with Crippen LogP contribution in [0.1, 0.15) is 37.7 Å². The van der Waals surface area contributed by atoms with Crippen molar-refractivity contribution in [1.82, 2.24) is 4.31 Å². The van der Waals surface area contributed by atoms with Crippen LogP contribution in [0.4, 0.5) is 10.1 Å². The SMILES string of the molecule is O=C(Nc1ccc(S(=O)(=O)N2CCCCC2)cc1)C1(c2ccc(F)cc2)CCOCC1. The number of halogens is 1. The van der Waals surface area contributed by atoms with Crippen molar-refractivity contribution in [3.8, 4) is 0 Å². The molecular weight excluding hydrogens is 419 g/mol. The van der Waals surface area contributed by atoms with Gasteiger partial charge in [-0.3, -0.25) is 4.79 Å². The van der Waals surface area contributed by atoms with E-state index in [9.17, 15) is 17.6 Å². The molecule has 0 atom stereocenters. The maximum atomic E-state index is 13.4. The summed E-state index contributed by atoms with van der Waals surface area (Å²) in [5.74, 6) is -0.550. The van der Waals surface area contributed by atoms with Crippen LogP contribution in [0, 0.1) is 5.82 Å². The van der Waals surface area contributed by atoms with Crippen LogP contribution in [0.15, 0.2) is 53.4 Å². The molecule has 1 N–H and O–H groups in total. The van der Waals surface area contributed by atoms with E-state index in [1.54, 1.807) is 24.3 Å². The number of carbonyl (C=O) groups excluding carboxylic acids is 1. The van der Waals surface area contributed by atoms with Gasteiger partial charge in [0.05, 0.1) is 10.3 Å². The van der Waals surface area contributed by atoms with Gasteiger partial charge in [0, 0.05) is 32.0 Å². The van der Waals surface area contributed by atoms with Gasteiger partial charge in [-0.25, -0.2) is 12.8 Å². The molecule has 2 aromatic carbocycles. The third-order valence-corrected chi connectivity index (χ3v) is 8.16. The van der Waals surface area contributed by atoms with Crippen molar-refractivity contribution in [1.29, 1.82) is 0 Å². The molecule has 1 amide bonds. The van der Waals surface area contributed by atoms with Crippen molar-refractivity contribution >= 4 is 21.6 Å². The normalized spacial score (nSPS) is 19.6. The predicted octanol–water partition coefficient (Wildman–Crippen LogP) is 3.69. The van der Waals surface area contributed by atoms with Crippen LogP contribution in [0.25, 0.3) is 0 Å². The maximum Gasteiger partial charge on any atom is 0.243 e. The standard InChI is InChI=1S/C23H27FN2O4S/c24-19-6-4-18(5-7-19)23(12-16-30-17-13-23)22(27)25-20-8-10-21(11-9-20)31(28,29)26-14-2-1-3-15-26/h4-11H,1-3,12-17H2,(H,25,27). The number of anilines is 1. The van der Waals surface area contributed by atoms with Crippen molar-refractivity contribution in [2.24, 2.45) is 0 Å². The fourth-order valence-electron chi connectivity index (χ4n) is 4.35. The smallest absolute Gasteiger partial charge is 0.243 e. The van der Waals surface area contributed by atoms with Gasteiger partial charge in [-0.15, -0.1) is 0 Å². The summed E-state index contributed by atoms with van der Waals surface area (Å²) in [4.78, 5) is 13.5. The van der Waals surface area contributed by atoms with Crippen molar-refractivity contribution in [2.45, 2.75) is 42.4 Å². The Labute approximate surface area is 182 Å². The fraction of sp³-hybridized carbons (Fsp3) is 0.435. The monoisotopic (exact) mass is 446 g/mol. The average Bonchev–Trinajstić information content (AvgIpc) is 2.81. The number of nitrogens with zero attached hydrogens (tertiary/aromatic N) is 1. The number of benzene rings is 2. The van der Waals surface area contributed by atoms with E-state index < -0.39 is 15.4 Å². The second kappa shape index (κ2) is 9.06. The summed E-state index contributed by atoms with van der Waals surface area (Å²) in [7, 11) is -3.52. The molecule has 2 aromatic rings. The first-order chi connectivity index (χ1) is 14.9. The van der Waals surface area contributed by atoms with Crippen LogP contribution >= 0.6 is 0 Å². The van der Waals surface area contributed by atoms with Crippen molar-refractivity contribution in [2.75, 3.05) is 31.6 Å². The number of ether oxygens (including phenoxy) is 1. The topological polar surface area (TPSA) is 75.7 Å². The summed E-state index contributed by atoms with van der Waals surface area (Å²) in [5.41, 5.74) is 0.458. The Morgan fingerprint density at radius 1 is 0.935 bits per heavy atom. The molecule has 0 radical (unpaired) electrons. The lowest BCUT2D eigenvalue weighted by molar-refractivity contribution is -0.125. The number of hydrogen-bond donors (Lipinski definition) is 1. The zero-order valence-electron chi connectivity index (χ0n) is 17.3. The highest BCUT2D eigenvalue weighted by Crippen LogP contribution is 2.36. The van der Waals surface area contributed by atoms with Crippen LogP contribution in [-0.4, -0.2) is 44.9 Å². The summed E-state index contributed by atoms with van der Waals surface area (Å²) < 4.78 is 46.0. The third kappa shape index (κ3) is 4.51. The molecule has 2 fully saturated rings. The molecule has 0 saturated carbocycles. The van der Waals surface area contributed by atoms with E-state index in [1.165, 1.54) is 28.6 Å². The fourth-order valence-corrected chi connectivity index (χ4v) is 5.87. The lowest BCUT2D eigenvalue weighted by Crippen LogP contribution is -2.44. The summed E-state index contributed by atoms with van der Waals surface area (Å²) in [6, 6.07) is 12.3. The Bertz CT molecular complexity index is 1010. The third-order valence-electron chi connectivity index (χ3n) is 6.24. The first kappa shape index (κ1) is 21.9. The van der Waals surface area contributed by atoms with E-state index in [0.29, 0.717) is 44.8 Å². The van der Waals surface area contributed by atoms with Gasteiger partial charge in [-0.2, -0.15) is 4.31 Å². The minimum absolute atomic E-state index is 0.200. The molecule has 0 aliphatic carbocycles. The summed E-state index contributed by atoms with van der Waals surface area (Å²) in [5, 5.41) is 2.93. The number of sulfonamides is 1. The van der Waals surface area contributed by atoms with Gasteiger partial charge in [0.25, 0.3) is 0 Å². The molecule has 166 valence electrons. The largest absolute Gasteiger partial charge is 0.381 e. The molecular formula is C23H27FN2O4S. The number of amides is 1. The van der Waals surface area contributed by atoms with E-state index in [2.05, 4.69) is 5.32 Å². The molecule has 0 aromatic heterocycles. The van der Waals surface area contributed by atoms with Crippen LogP contribution in [0.2, 0.25) is 0 Å². The highest BCUT2D eigenvalue weighted by atomic mass is 32.2. The highest BCUT2D eigenvalue weighted by molar-refractivity contribution is 7.89. The van der Waals surface area contributed by atoms with Gasteiger partial charge in [0.15, 0.2) is 0 Å². The van der Waals surface area contributed by atoms with Gasteiger partial charge >= 0.3 is 0 Å². The summed E-state index contributed by atoms with van der Waals surface area (Å²) in [6.45, 7) is 1.97. The van der Waals surface area contributed by atoms with Crippen LogP contribution in [0.3, 0.4) is 0 Å². The first-order valence-electron chi connectivity index (χ1n) is 10.7. The number of nitrogens with one attached hydrogen (secondary N) is 1. The molecule has 6 nitrogen and oxygen atoms in total. The second-order valence-electron chi connectivity index (χ2n) is 8.14. The van der Waals surface area contributed by atoms with Gasteiger partial charge in [-0.05, 0) is 67.6 Å². The zero-order valence-corrected chi connectivity index (χ0v) is 18.2. The Morgan fingerprint density at radius 3 is 2.16 bits per heavy atom. The maximum absolute atomic E-state index is 13.4. The first-order valence-corrected chi connectivity index (χ1v) is 12.1. The van der Waals surface area contributed by atoms with Crippen LogP contribution in [0.5, 0.6) is 0 Å². The van der Waals surface area contributed by atoms with Crippen molar-refractivity contribution in [3.63, 3.8) is 0 Å². The molecule has 2 aliphatic rings. The van der Waals surface area contributed by atoms with Gasteiger partial charge in [-0.1, -0.05) is 18.6 Å². The summed E-state index contributed by atoms with van der Waals surface area (Å²) >= 11 is 0. The van der Waals surface area contributed by atoms with Gasteiger partial charge in [0.1, 0.15) is 5.82 Å². The van der Waals surface area contributed by atoms with E-state index in [-0.39, 0.29) is 16.6 Å². The molecule has 8 heteroatoms. The minimum Gasteiger partial charge on any atom is -0.381 e. The Kier molecular flexibility index (Phi) is 6.41. The van der Waals surface area contributed by atoms with Crippen LogP contribution < -0.4 is 5.32 Å². The van der Waals surface area contributed by atoms with Gasteiger partial charge in [0.2, 0.25) is 15.9 Å². The minimum atomic E-state index is -3.52. The van der Waals surface area contributed by atoms with Gasteiger partial charge < -0.3 is 10.1 Å². The summed E-state index contributed by atoms with van der Waals surface area (Å²) in [6.07, 6.45) is 3.79. The highest BCUT2D eigenvalue weighted by Gasteiger charge is 2.41. The van der Waals surface area contributed by atoms with E-state index in [1.807, 2.05) is 0 Å². The lowest BCUT2D eigenvalue weighted by Gasteiger charge is -2.36. The number of rotatable bonds is 5. The quantitative estimate of drug-likeness (QED) is 0.760. The molecule has 0 spiro atoms. The Hall–Kier alpha value is -2.29. The molecule has 31 heavy (non-hydrogen) atoms. The van der Waals surface area contributed by atoms with Crippen molar-refractivity contribution in [3.05, 3.63) is 59.9 Å². The van der Waals surface area contributed by atoms with Crippen LogP contribution in [-0.2, 0) is 25.0 Å². The number of piperidine rings is 1. The molecule has 2 saturated heterocycles. The average molecular weight is 447 g/mol. The van der Waals surface area contributed by atoms with E-state index in [0.717, 1.165) is 24.8 Å². The molecule has 4 rings (SSSR count). The molecule has 2 aliphatic heterocycles. The number of hydrogen-bond acceptors (Lipinski definition) is 4. The Balaban J connectivity index is 1.53. The van der Waals surface area contributed by atoms with Crippen molar-refractivity contribution < 1.29 is 22.3 Å². The lowest BCUT2D eigenvalue weighted by atomic mass is 9.73. The predicted molar refractivity (Wildman–Crippen MR) is 116 cm³/mol. The van der Waals surface area contributed by atoms with E-state index >= 15 is 0 Å².